The third kappa shape index (κ3) is 4.37. The van der Waals surface area contributed by atoms with Gasteiger partial charge in [0.2, 0.25) is 0 Å². The Kier molecular flexibility index (Phi) is 5.55. The van der Waals surface area contributed by atoms with Crippen molar-refractivity contribution in [2.45, 2.75) is 37.8 Å². The fourth-order valence-electron chi connectivity index (χ4n) is 2.17. The quantitative estimate of drug-likeness (QED) is 0.688. The minimum absolute atomic E-state index is 0.350. The van der Waals surface area contributed by atoms with E-state index >= 15 is 0 Å². The fourth-order valence-corrected chi connectivity index (χ4v) is 2.17. The number of hydrogen-bond donors (Lipinski definition) is 1. The van der Waals surface area contributed by atoms with Crippen molar-refractivity contribution in [3.63, 3.8) is 0 Å². The van der Waals surface area contributed by atoms with E-state index in [4.69, 9.17) is 14.2 Å². The van der Waals surface area contributed by atoms with Gasteiger partial charge in [0.1, 0.15) is 0 Å². The molecule has 0 saturated carbocycles. The number of nitrogens with one attached hydrogen (secondary N) is 1. The molecule has 1 N–H and O–H groups in total. The van der Waals surface area contributed by atoms with Crippen molar-refractivity contribution < 1.29 is 14.2 Å². The van der Waals surface area contributed by atoms with E-state index in [0.29, 0.717) is 12.1 Å². The Morgan fingerprint density at radius 2 is 1.88 bits per heavy atom. The normalized spacial score (nSPS) is 27.4. The molecule has 1 atom stereocenters. The van der Waals surface area contributed by atoms with Crippen molar-refractivity contribution >= 4 is 0 Å². The molecule has 0 aromatic carbocycles. The van der Waals surface area contributed by atoms with E-state index in [9.17, 15) is 0 Å². The molecule has 2 rings (SSSR count). The van der Waals surface area contributed by atoms with Crippen LogP contribution in [0.15, 0.2) is 0 Å². The van der Waals surface area contributed by atoms with Gasteiger partial charge < -0.3 is 19.5 Å². The van der Waals surface area contributed by atoms with Crippen LogP contribution in [0.5, 0.6) is 0 Å². The average molecular weight is 229 g/mol. The van der Waals surface area contributed by atoms with E-state index in [-0.39, 0.29) is 0 Å². The van der Waals surface area contributed by atoms with Crippen LogP contribution >= 0.6 is 0 Å². The van der Waals surface area contributed by atoms with Crippen LogP contribution in [0.3, 0.4) is 0 Å². The van der Waals surface area contributed by atoms with Crippen molar-refractivity contribution in [1.29, 1.82) is 0 Å². The van der Waals surface area contributed by atoms with Crippen LogP contribution in [-0.2, 0) is 14.2 Å². The molecule has 94 valence electrons. The second-order valence-electron chi connectivity index (χ2n) is 4.55. The van der Waals surface area contributed by atoms with Gasteiger partial charge in [0.15, 0.2) is 0 Å². The number of rotatable bonds is 6. The predicted molar refractivity (Wildman–Crippen MR) is 61.6 cm³/mol. The molecule has 2 heterocycles. The minimum Gasteiger partial charge on any atom is -0.381 e. The lowest BCUT2D eigenvalue weighted by Gasteiger charge is -2.23. The van der Waals surface area contributed by atoms with Gasteiger partial charge in [-0.1, -0.05) is 0 Å². The zero-order chi connectivity index (χ0) is 11.1. The number of ether oxygens (including phenoxy) is 3. The van der Waals surface area contributed by atoms with Crippen LogP contribution in [0.1, 0.15) is 25.7 Å². The molecule has 2 saturated heterocycles. The van der Waals surface area contributed by atoms with E-state index in [1.54, 1.807) is 0 Å². The third-order valence-electron chi connectivity index (χ3n) is 3.22. The van der Waals surface area contributed by atoms with Gasteiger partial charge in [0, 0.05) is 32.5 Å². The Bertz CT molecular complexity index is 177. The monoisotopic (exact) mass is 229 g/mol. The molecular weight excluding hydrogens is 206 g/mol. The summed E-state index contributed by atoms with van der Waals surface area (Å²) in [6, 6.07) is 0.656. The van der Waals surface area contributed by atoms with Gasteiger partial charge in [0.05, 0.1) is 12.7 Å². The predicted octanol–water partition coefficient (Wildman–Crippen LogP) is 0.951. The van der Waals surface area contributed by atoms with Crippen LogP contribution in [0.25, 0.3) is 0 Å². The SMILES string of the molecule is C(CNC1CCOCC1)COC1CCOC1. The molecular formula is C12H23NO3. The van der Waals surface area contributed by atoms with Crippen molar-refractivity contribution in [2.24, 2.45) is 0 Å². The molecule has 0 radical (unpaired) electrons. The van der Waals surface area contributed by atoms with E-state index < -0.39 is 0 Å². The topological polar surface area (TPSA) is 39.7 Å². The molecule has 0 spiro atoms. The van der Waals surface area contributed by atoms with Crippen molar-refractivity contribution in [3.8, 4) is 0 Å². The first-order valence-corrected chi connectivity index (χ1v) is 6.45. The van der Waals surface area contributed by atoms with E-state index in [1.807, 2.05) is 0 Å². The van der Waals surface area contributed by atoms with Gasteiger partial charge in [-0.3, -0.25) is 0 Å². The van der Waals surface area contributed by atoms with Crippen molar-refractivity contribution in [1.82, 2.24) is 5.32 Å². The summed E-state index contributed by atoms with van der Waals surface area (Å²) in [6.45, 7) is 5.38. The lowest BCUT2D eigenvalue weighted by Crippen LogP contribution is -2.35. The van der Waals surface area contributed by atoms with Gasteiger partial charge in [-0.2, -0.15) is 0 Å². The Hall–Kier alpha value is -0.160. The van der Waals surface area contributed by atoms with Gasteiger partial charge in [0.25, 0.3) is 0 Å². The van der Waals surface area contributed by atoms with Gasteiger partial charge in [-0.15, -0.1) is 0 Å². The standard InChI is InChI=1S/C12H23NO3/c1(6-16-12-4-9-15-10-12)5-13-11-2-7-14-8-3-11/h11-13H,1-10H2. The third-order valence-corrected chi connectivity index (χ3v) is 3.22. The summed E-state index contributed by atoms with van der Waals surface area (Å²) in [7, 11) is 0. The van der Waals surface area contributed by atoms with E-state index in [2.05, 4.69) is 5.32 Å². The highest BCUT2D eigenvalue weighted by Gasteiger charge is 2.15. The summed E-state index contributed by atoms with van der Waals surface area (Å²) >= 11 is 0. The molecule has 0 amide bonds. The fraction of sp³-hybridized carbons (Fsp3) is 1.00. The van der Waals surface area contributed by atoms with Gasteiger partial charge >= 0.3 is 0 Å². The summed E-state index contributed by atoms with van der Waals surface area (Å²) in [5.41, 5.74) is 0. The van der Waals surface area contributed by atoms with Crippen LogP contribution < -0.4 is 5.32 Å². The highest BCUT2D eigenvalue weighted by Crippen LogP contribution is 2.08. The lowest BCUT2D eigenvalue weighted by molar-refractivity contribution is 0.0400. The van der Waals surface area contributed by atoms with Crippen LogP contribution in [0.2, 0.25) is 0 Å². The maximum atomic E-state index is 5.70. The molecule has 1 unspecified atom stereocenters. The Balaban J connectivity index is 1.42. The Morgan fingerprint density at radius 3 is 2.62 bits per heavy atom. The molecule has 2 aliphatic rings. The molecule has 2 fully saturated rings. The Labute approximate surface area is 97.6 Å². The second-order valence-corrected chi connectivity index (χ2v) is 4.55. The highest BCUT2D eigenvalue weighted by molar-refractivity contribution is 4.70. The molecule has 4 nitrogen and oxygen atoms in total. The summed E-state index contributed by atoms with van der Waals surface area (Å²) < 4.78 is 16.3. The zero-order valence-corrected chi connectivity index (χ0v) is 9.95. The number of hydrogen-bond acceptors (Lipinski definition) is 4. The summed E-state index contributed by atoms with van der Waals surface area (Å²) in [6.07, 6.45) is 4.80. The second kappa shape index (κ2) is 7.22. The van der Waals surface area contributed by atoms with Crippen LogP contribution in [0.4, 0.5) is 0 Å². The smallest absolute Gasteiger partial charge is 0.0830 e. The molecule has 0 bridgehead atoms. The summed E-state index contributed by atoms with van der Waals surface area (Å²) in [4.78, 5) is 0. The van der Waals surface area contributed by atoms with Crippen molar-refractivity contribution in [3.05, 3.63) is 0 Å². The lowest BCUT2D eigenvalue weighted by atomic mass is 10.1. The van der Waals surface area contributed by atoms with Gasteiger partial charge in [-0.05, 0) is 32.2 Å². The molecule has 0 aliphatic carbocycles. The molecule has 0 aromatic heterocycles. The molecule has 4 heteroatoms. The average Bonchev–Trinajstić information content (AvgIpc) is 2.83. The molecule has 16 heavy (non-hydrogen) atoms. The summed E-state index contributed by atoms with van der Waals surface area (Å²) in [5, 5.41) is 3.56. The molecule has 2 aliphatic heterocycles. The maximum Gasteiger partial charge on any atom is 0.0830 e. The van der Waals surface area contributed by atoms with Gasteiger partial charge in [-0.25, -0.2) is 0 Å². The Morgan fingerprint density at radius 1 is 1.06 bits per heavy atom. The largest absolute Gasteiger partial charge is 0.381 e. The highest BCUT2D eigenvalue weighted by atomic mass is 16.5. The maximum absolute atomic E-state index is 5.70. The first kappa shape index (κ1) is 12.3. The molecule has 0 aromatic rings. The van der Waals surface area contributed by atoms with Crippen LogP contribution in [-0.4, -0.2) is 51.7 Å². The van der Waals surface area contributed by atoms with Crippen molar-refractivity contribution in [2.75, 3.05) is 39.6 Å². The minimum atomic E-state index is 0.350. The van der Waals surface area contributed by atoms with E-state index in [0.717, 1.165) is 65.3 Å². The van der Waals surface area contributed by atoms with Crippen LogP contribution in [0, 0.1) is 0 Å². The summed E-state index contributed by atoms with van der Waals surface area (Å²) in [5.74, 6) is 0. The first-order valence-electron chi connectivity index (χ1n) is 6.45. The first-order chi connectivity index (χ1) is 7.95. The van der Waals surface area contributed by atoms with E-state index in [1.165, 1.54) is 0 Å². The zero-order valence-electron chi connectivity index (χ0n) is 9.95.